The molecule has 0 N–H and O–H groups in total. The highest BCUT2D eigenvalue weighted by molar-refractivity contribution is 5.61. The third kappa shape index (κ3) is 1.63. The van der Waals surface area contributed by atoms with Gasteiger partial charge in [-0.2, -0.15) is 17.6 Å². The van der Waals surface area contributed by atoms with Crippen LogP contribution in [-0.2, 0) is 4.79 Å². The van der Waals surface area contributed by atoms with Crippen molar-refractivity contribution < 1.29 is 31.1 Å². The molecule has 0 saturated heterocycles. The minimum absolute atomic E-state index is 1.50. The second kappa shape index (κ2) is 2.71. The molecule has 0 heterocycles. The first-order chi connectivity index (χ1) is 4.75. The van der Waals surface area contributed by atoms with E-state index in [9.17, 15) is 31.1 Å². The molecule has 0 aliphatic heterocycles. The number of hydrogen-bond donors (Lipinski definition) is 0. The van der Waals surface area contributed by atoms with Crippen LogP contribution in [0.1, 0.15) is 0 Å². The van der Waals surface area contributed by atoms with Gasteiger partial charge in [-0.15, -0.1) is 0 Å². The zero-order valence-electron chi connectivity index (χ0n) is 4.83. The Labute approximate surface area is 57.0 Å². The molecule has 0 aliphatic rings. The van der Waals surface area contributed by atoms with E-state index in [1.54, 1.807) is 0 Å². The topological polar surface area (TPSA) is 17.1 Å². The predicted molar refractivity (Wildman–Crippen MR) is 22.0 cm³/mol. The summed E-state index contributed by atoms with van der Waals surface area (Å²) in [4.78, 5) is 9.21. The molecular weight excluding hydrogens is 178 g/mol. The molecule has 0 aromatic carbocycles. The number of halogens is 6. The van der Waals surface area contributed by atoms with Crippen molar-refractivity contribution in [3.05, 3.63) is 0 Å². The molecule has 0 aromatic heterocycles. The zero-order valence-corrected chi connectivity index (χ0v) is 4.83. The molecule has 0 saturated carbocycles. The van der Waals surface area contributed by atoms with E-state index < -0.39 is 24.6 Å². The average Bonchev–Trinajstić information content (AvgIpc) is 1.87. The van der Waals surface area contributed by atoms with Crippen LogP contribution < -0.4 is 0 Å². The summed E-state index contributed by atoms with van der Waals surface area (Å²) in [6.07, 6.45) is -6.05. The van der Waals surface area contributed by atoms with E-state index in [2.05, 4.69) is 0 Å². The van der Waals surface area contributed by atoms with Crippen LogP contribution in [0.2, 0.25) is 0 Å². The molecule has 0 radical (unpaired) electrons. The van der Waals surface area contributed by atoms with Crippen LogP contribution in [0.25, 0.3) is 0 Å². The van der Waals surface area contributed by atoms with Crippen LogP contribution in [-0.4, -0.2) is 24.6 Å². The second-order valence-electron chi connectivity index (χ2n) is 1.66. The molecule has 0 aliphatic carbocycles. The summed E-state index contributed by atoms with van der Waals surface area (Å²) < 4.78 is 68.6. The lowest BCUT2D eigenvalue weighted by Crippen LogP contribution is -2.47. The van der Waals surface area contributed by atoms with Gasteiger partial charge in [-0.3, -0.25) is 4.79 Å². The molecule has 66 valence electrons. The van der Waals surface area contributed by atoms with Gasteiger partial charge in [-0.25, -0.2) is 8.78 Å². The van der Waals surface area contributed by atoms with Crippen LogP contribution in [0.4, 0.5) is 26.3 Å². The van der Waals surface area contributed by atoms with Crippen molar-refractivity contribution in [3.63, 3.8) is 0 Å². The Bertz CT molecular complexity index is 153. The van der Waals surface area contributed by atoms with Gasteiger partial charge in [0.2, 0.25) is 0 Å². The monoisotopic (exact) mass is 180 g/mol. The van der Waals surface area contributed by atoms with Crippen LogP contribution in [0.5, 0.6) is 0 Å². The van der Waals surface area contributed by atoms with E-state index in [4.69, 9.17) is 0 Å². The fourth-order valence-electron chi connectivity index (χ4n) is 0.224. The first-order valence-electron chi connectivity index (χ1n) is 2.26. The maximum absolute atomic E-state index is 11.6. The fraction of sp³-hybridized carbons (Fsp3) is 0.750. The van der Waals surface area contributed by atoms with Gasteiger partial charge >= 0.3 is 18.3 Å². The number of hydrogen-bond acceptors (Lipinski definition) is 1. The van der Waals surface area contributed by atoms with Crippen LogP contribution >= 0.6 is 0 Å². The van der Waals surface area contributed by atoms with Gasteiger partial charge in [-0.05, 0) is 0 Å². The molecule has 7 heteroatoms. The number of rotatable bonds is 3. The predicted octanol–water partition coefficient (Wildman–Crippen LogP) is 1.72. The second-order valence-corrected chi connectivity index (χ2v) is 1.66. The third-order valence-electron chi connectivity index (χ3n) is 0.866. The standard InChI is InChI=1S/C4H2F6O/c5-2(6)4(9,10)3(7,8)1-11/h1-2H. The lowest BCUT2D eigenvalue weighted by atomic mass is 10.2. The summed E-state index contributed by atoms with van der Waals surface area (Å²) in [5, 5.41) is 0. The molecule has 11 heavy (non-hydrogen) atoms. The Morgan fingerprint density at radius 2 is 1.45 bits per heavy atom. The van der Waals surface area contributed by atoms with E-state index in [-0.39, 0.29) is 0 Å². The van der Waals surface area contributed by atoms with Crippen molar-refractivity contribution in [1.82, 2.24) is 0 Å². The zero-order chi connectivity index (χ0) is 9.28. The van der Waals surface area contributed by atoms with Crippen molar-refractivity contribution in [2.24, 2.45) is 0 Å². The highest BCUT2D eigenvalue weighted by Gasteiger charge is 2.63. The molecule has 1 nitrogen and oxygen atoms in total. The summed E-state index contributed by atoms with van der Waals surface area (Å²) in [6.45, 7) is 0. The summed E-state index contributed by atoms with van der Waals surface area (Å²) in [6, 6.07) is 0. The average molecular weight is 180 g/mol. The first-order valence-corrected chi connectivity index (χ1v) is 2.26. The summed E-state index contributed by atoms with van der Waals surface area (Å²) >= 11 is 0. The Hall–Kier alpha value is -0.750. The summed E-state index contributed by atoms with van der Waals surface area (Å²) in [7, 11) is 0. The van der Waals surface area contributed by atoms with Gasteiger partial charge in [0.1, 0.15) is 0 Å². The van der Waals surface area contributed by atoms with Crippen molar-refractivity contribution in [2.75, 3.05) is 0 Å². The Morgan fingerprint density at radius 1 is 1.09 bits per heavy atom. The highest BCUT2D eigenvalue weighted by Crippen LogP contribution is 2.37. The Kier molecular flexibility index (Phi) is 2.52. The minimum atomic E-state index is -5.59. The molecule has 0 bridgehead atoms. The van der Waals surface area contributed by atoms with Crippen molar-refractivity contribution in [1.29, 1.82) is 0 Å². The van der Waals surface area contributed by atoms with Gasteiger partial charge in [0.15, 0.2) is 6.29 Å². The summed E-state index contributed by atoms with van der Waals surface area (Å²) in [5.74, 6) is -10.9. The molecule has 0 fully saturated rings. The number of alkyl halides is 6. The number of carbonyl (C=O) groups excluding carboxylic acids is 1. The largest absolute Gasteiger partial charge is 0.376 e. The van der Waals surface area contributed by atoms with Gasteiger partial charge in [0.25, 0.3) is 0 Å². The normalized spacial score (nSPS) is 13.7. The molecule has 0 amide bonds. The van der Waals surface area contributed by atoms with E-state index in [0.29, 0.717) is 0 Å². The van der Waals surface area contributed by atoms with Gasteiger partial charge in [0.05, 0.1) is 0 Å². The summed E-state index contributed by atoms with van der Waals surface area (Å²) in [5.41, 5.74) is 0. The van der Waals surface area contributed by atoms with E-state index in [0.717, 1.165) is 0 Å². The maximum atomic E-state index is 11.6. The molecule has 0 atom stereocenters. The van der Waals surface area contributed by atoms with Crippen LogP contribution in [0.3, 0.4) is 0 Å². The number of aldehydes is 1. The fourth-order valence-corrected chi connectivity index (χ4v) is 0.224. The molecule has 0 aromatic rings. The lowest BCUT2D eigenvalue weighted by Gasteiger charge is -2.20. The quantitative estimate of drug-likeness (QED) is 0.477. The minimum Gasteiger partial charge on any atom is -0.296 e. The van der Waals surface area contributed by atoms with Crippen molar-refractivity contribution in [2.45, 2.75) is 18.3 Å². The molecular formula is C4H2F6O. The molecule has 0 spiro atoms. The number of carbonyl (C=O) groups is 1. The van der Waals surface area contributed by atoms with E-state index in [1.165, 1.54) is 0 Å². The van der Waals surface area contributed by atoms with Crippen molar-refractivity contribution >= 4 is 6.29 Å². The van der Waals surface area contributed by atoms with Crippen molar-refractivity contribution in [3.8, 4) is 0 Å². The van der Waals surface area contributed by atoms with Gasteiger partial charge in [0, 0.05) is 0 Å². The Balaban J connectivity index is 4.66. The van der Waals surface area contributed by atoms with E-state index >= 15 is 0 Å². The van der Waals surface area contributed by atoms with E-state index in [1.807, 2.05) is 0 Å². The SMILES string of the molecule is O=CC(F)(F)C(F)(F)C(F)F. The smallest absolute Gasteiger partial charge is 0.296 e. The van der Waals surface area contributed by atoms with Crippen LogP contribution in [0, 0.1) is 0 Å². The van der Waals surface area contributed by atoms with Gasteiger partial charge < -0.3 is 0 Å². The third-order valence-corrected chi connectivity index (χ3v) is 0.866. The maximum Gasteiger partial charge on any atom is 0.376 e. The first kappa shape index (κ1) is 10.2. The lowest BCUT2D eigenvalue weighted by molar-refractivity contribution is -0.246. The van der Waals surface area contributed by atoms with Crippen LogP contribution in [0.15, 0.2) is 0 Å². The van der Waals surface area contributed by atoms with Gasteiger partial charge in [-0.1, -0.05) is 0 Å². The molecule has 0 rings (SSSR count). The molecule has 0 unspecified atom stereocenters. The highest BCUT2D eigenvalue weighted by atomic mass is 19.3. The Morgan fingerprint density at radius 3 is 1.55 bits per heavy atom.